The molecule has 32 heavy (non-hydrogen) atoms. The lowest BCUT2D eigenvalue weighted by Gasteiger charge is -2.10. The lowest BCUT2D eigenvalue weighted by atomic mass is 9.96. The smallest absolute Gasteiger partial charge is 0.165 e. The van der Waals surface area contributed by atoms with E-state index in [9.17, 15) is 9.50 Å². The van der Waals surface area contributed by atoms with Crippen LogP contribution in [0.25, 0.3) is 33.5 Å². The number of hydrogen-bond acceptors (Lipinski definition) is 5. The highest BCUT2D eigenvalue weighted by Crippen LogP contribution is 2.33. The summed E-state index contributed by atoms with van der Waals surface area (Å²) in [7, 11) is 1.87. The van der Waals surface area contributed by atoms with Crippen molar-refractivity contribution in [2.24, 2.45) is 7.05 Å². The van der Waals surface area contributed by atoms with Gasteiger partial charge in [-0.2, -0.15) is 10.2 Å². The molecule has 0 atom stereocenters. The van der Waals surface area contributed by atoms with Gasteiger partial charge in [-0.25, -0.2) is 9.37 Å². The van der Waals surface area contributed by atoms with E-state index < -0.39 is 5.82 Å². The van der Waals surface area contributed by atoms with Crippen molar-refractivity contribution in [2.45, 2.75) is 19.9 Å². The number of nitrogens with zero attached hydrogens (tertiary/aromatic N) is 4. The molecule has 0 spiro atoms. The number of halogens is 1. The second kappa shape index (κ2) is 7.84. The standard InChI is InChI=1S/C23H22FN7O/c1-3-13-7-21(32)19(24)8-18(13)14-4-5-17-20(6-14)29-30-22(17)23-26-10-15(28-23)9-25-16-11-27-31(2)12-16/h4-8,10-12,25,32H,3,9H2,1-2H3,(H,26,28)(H,29,30). The van der Waals surface area contributed by atoms with Gasteiger partial charge >= 0.3 is 0 Å². The van der Waals surface area contributed by atoms with Crippen molar-refractivity contribution in [3.05, 3.63) is 66.0 Å². The van der Waals surface area contributed by atoms with E-state index in [2.05, 4.69) is 30.6 Å². The Morgan fingerprint density at radius 3 is 2.84 bits per heavy atom. The fraction of sp³-hybridized carbons (Fsp3) is 0.174. The zero-order valence-corrected chi connectivity index (χ0v) is 17.6. The molecular formula is C23H22FN7O. The van der Waals surface area contributed by atoms with E-state index in [4.69, 9.17) is 0 Å². The Bertz CT molecular complexity index is 1420. The number of aromatic hydroxyl groups is 1. The highest BCUT2D eigenvalue weighted by molar-refractivity contribution is 5.94. The van der Waals surface area contributed by atoms with E-state index in [-0.39, 0.29) is 5.75 Å². The van der Waals surface area contributed by atoms with Crippen LogP contribution in [-0.2, 0) is 20.0 Å². The number of hydrogen-bond donors (Lipinski definition) is 4. The normalized spacial score (nSPS) is 11.3. The van der Waals surface area contributed by atoms with Crippen molar-refractivity contribution in [1.82, 2.24) is 29.9 Å². The quantitative estimate of drug-likeness (QED) is 0.319. The van der Waals surface area contributed by atoms with Gasteiger partial charge in [-0.3, -0.25) is 9.78 Å². The number of fused-ring (bicyclic) bond motifs is 1. The van der Waals surface area contributed by atoms with Crippen molar-refractivity contribution in [3.63, 3.8) is 0 Å². The van der Waals surface area contributed by atoms with E-state index in [0.717, 1.165) is 39.0 Å². The average Bonchev–Trinajstić information content (AvgIpc) is 3.52. The highest BCUT2D eigenvalue weighted by atomic mass is 19.1. The molecule has 3 heterocycles. The number of aromatic nitrogens is 6. The van der Waals surface area contributed by atoms with Gasteiger partial charge in [-0.15, -0.1) is 0 Å². The molecule has 2 aromatic carbocycles. The number of phenolic OH excluding ortho intramolecular Hbond substituents is 1. The summed E-state index contributed by atoms with van der Waals surface area (Å²) >= 11 is 0. The van der Waals surface area contributed by atoms with Gasteiger partial charge in [0.1, 0.15) is 5.69 Å². The van der Waals surface area contributed by atoms with Crippen molar-refractivity contribution < 1.29 is 9.50 Å². The summed E-state index contributed by atoms with van der Waals surface area (Å²) < 4.78 is 15.7. The van der Waals surface area contributed by atoms with Crippen molar-refractivity contribution in [2.75, 3.05) is 5.32 Å². The third-order valence-corrected chi connectivity index (χ3v) is 5.47. The first-order valence-corrected chi connectivity index (χ1v) is 10.3. The summed E-state index contributed by atoms with van der Waals surface area (Å²) in [6.07, 6.45) is 6.12. The number of aryl methyl sites for hydroxylation is 2. The molecule has 0 radical (unpaired) electrons. The van der Waals surface area contributed by atoms with E-state index in [0.29, 0.717) is 24.5 Å². The molecular weight excluding hydrogens is 409 g/mol. The molecule has 0 amide bonds. The topological polar surface area (TPSA) is 107 Å². The van der Waals surface area contributed by atoms with Gasteiger partial charge in [0.2, 0.25) is 0 Å². The van der Waals surface area contributed by atoms with Crippen LogP contribution in [0.2, 0.25) is 0 Å². The molecule has 4 N–H and O–H groups in total. The zero-order chi connectivity index (χ0) is 22.2. The first-order chi connectivity index (χ1) is 15.5. The second-order valence-electron chi connectivity index (χ2n) is 7.66. The molecule has 0 aliphatic heterocycles. The first-order valence-electron chi connectivity index (χ1n) is 10.3. The van der Waals surface area contributed by atoms with Gasteiger partial charge in [-0.1, -0.05) is 13.0 Å². The molecule has 5 rings (SSSR count). The van der Waals surface area contributed by atoms with Crippen molar-refractivity contribution in [3.8, 4) is 28.4 Å². The van der Waals surface area contributed by atoms with Gasteiger partial charge in [0.05, 0.1) is 35.8 Å². The maximum absolute atomic E-state index is 14.0. The Hall–Kier alpha value is -4.14. The number of H-pyrrole nitrogens is 2. The Labute approximate surface area is 183 Å². The molecule has 8 nitrogen and oxygen atoms in total. The monoisotopic (exact) mass is 431 g/mol. The Morgan fingerprint density at radius 1 is 1.19 bits per heavy atom. The van der Waals surface area contributed by atoms with Crippen LogP contribution in [0.1, 0.15) is 18.2 Å². The lowest BCUT2D eigenvalue weighted by molar-refractivity contribution is 0.432. The van der Waals surface area contributed by atoms with Crippen molar-refractivity contribution >= 4 is 16.6 Å². The van der Waals surface area contributed by atoms with E-state index in [1.165, 1.54) is 12.1 Å². The predicted molar refractivity (Wildman–Crippen MR) is 121 cm³/mol. The largest absolute Gasteiger partial charge is 0.505 e. The molecule has 0 aliphatic rings. The van der Waals surface area contributed by atoms with Gasteiger partial charge in [-0.05, 0) is 47.4 Å². The second-order valence-corrected chi connectivity index (χ2v) is 7.66. The number of benzene rings is 2. The average molecular weight is 431 g/mol. The van der Waals surface area contributed by atoms with Crippen LogP contribution in [-0.4, -0.2) is 35.1 Å². The van der Waals surface area contributed by atoms with Crippen molar-refractivity contribution in [1.29, 1.82) is 0 Å². The number of anilines is 1. The Balaban J connectivity index is 1.43. The highest BCUT2D eigenvalue weighted by Gasteiger charge is 2.15. The first kappa shape index (κ1) is 19.8. The number of rotatable bonds is 6. The molecule has 0 saturated carbocycles. The minimum absolute atomic E-state index is 0.331. The fourth-order valence-electron chi connectivity index (χ4n) is 3.81. The van der Waals surface area contributed by atoms with E-state index in [1.54, 1.807) is 17.1 Å². The molecule has 0 fully saturated rings. The SMILES string of the molecule is CCc1cc(O)c(F)cc1-c1ccc2c(-c3ncc(CNc4cnn(C)c4)[nH]3)n[nH]c2c1. The van der Waals surface area contributed by atoms with Gasteiger partial charge in [0.25, 0.3) is 0 Å². The van der Waals surface area contributed by atoms with Crippen LogP contribution in [0.15, 0.2) is 48.9 Å². The molecule has 0 aliphatic carbocycles. The number of aromatic amines is 2. The number of imidazole rings is 1. The Kier molecular flexibility index (Phi) is 4.85. The molecule has 5 aromatic rings. The maximum Gasteiger partial charge on any atom is 0.165 e. The molecule has 162 valence electrons. The van der Waals surface area contributed by atoms with Crippen LogP contribution < -0.4 is 5.32 Å². The third kappa shape index (κ3) is 3.58. The minimum Gasteiger partial charge on any atom is -0.505 e. The zero-order valence-electron chi connectivity index (χ0n) is 17.6. The molecule has 0 bridgehead atoms. The summed E-state index contributed by atoms with van der Waals surface area (Å²) in [6.45, 7) is 2.55. The Morgan fingerprint density at radius 2 is 2.06 bits per heavy atom. The van der Waals surface area contributed by atoms with Gasteiger partial charge < -0.3 is 15.4 Å². The van der Waals surface area contributed by atoms with Gasteiger partial charge in [0.15, 0.2) is 17.4 Å². The third-order valence-electron chi connectivity index (χ3n) is 5.47. The summed E-state index contributed by atoms with van der Waals surface area (Å²) in [5.41, 5.74) is 5.86. The predicted octanol–water partition coefficient (Wildman–Crippen LogP) is 4.37. The van der Waals surface area contributed by atoms with Crippen LogP contribution >= 0.6 is 0 Å². The minimum atomic E-state index is -0.634. The van der Waals surface area contributed by atoms with Crippen LogP contribution in [0.5, 0.6) is 5.75 Å². The van der Waals surface area contributed by atoms with Crippen LogP contribution in [0.4, 0.5) is 10.1 Å². The van der Waals surface area contributed by atoms with E-state index in [1.807, 2.05) is 38.4 Å². The maximum atomic E-state index is 14.0. The fourth-order valence-corrected chi connectivity index (χ4v) is 3.81. The summed E-state index contributed by atoms with van der Waals surface area (Å²) in [4.78, 5) is 7.78. The lowest BCUT2D eigenvalue weighted by Crippen LogP contribution is -1.98. The van der Waals surface area contributed by atoms with E-state index >= 15 is 0 Å². The molecule has 0 unspecified atom stereocenters. The molecule has 0 saturated heterocycles. The summed E-state index contributed by atoms with van der Waals surface area (Å²) in [5.74, 6) is -0.301. The summed E-state index contributed by atoms with van der Waals surface area (Å²) in [6, 6.07) is 8.67. The van der Waals surface area contributed by atoms with Gasteiger partial charge in [0, 0.05) is 18.6 Å². The van der Waals surface area contributed by atoms with Crippen LogP contribution in [0, 0.1) is 5.82 Å². The summed E-state index contributed by atoms with van der Waals surface area (Å²) in [5, 5.41) is 25.5. The molecule has 9 heteroatoms. The number of nitrogens with one attached hydrogen (secondary N) is 3. The number of phenols is 1. The van der Waals surface area contributed by atoms with Crippen LogP contribution in [0.3, 0.4) is 0 Å². The molecule has 3 aromatic heterocycles.